The van der Waals surface area contributed by atoms with Gasteiger partial charge in [-0.1, -0.05) is 6.92 Å². The first-order valence-corrected chi connectivity index (χ1v) is 6.20. The molecule has 0 spiro atoms. The van der Waals surface area contributed by atoms with Gasteiger partial charge in [0.1, 0.15) is 0 Å². The molecule has 2 fully saturated rings. The van der Waals surface area contributed by atoms with Crippen LogP contribution in [-0.4, -0.2) is 47.7 Å². The lowest BCUT2D eigenvalue weighted by molar-refractivity contribution is -0.142. The fourth-order valence-electron chi connectivity index (χ4n) is 2.62. The van der Waals surface area contributed by atoms with Crippen molar-refractivity contribution in [2.24, 2.45) is 11.8 Å². The summed E-state index contributed by atoms with van der Waals surface area (Å²) in [5.74, 6) is -1.14. The Bertz CT molecular complexity index is 312. The van der Waals surface area contributed by atoms with Crippen LogP contribution in [0.25, 0.3) is 0 Å². The Morgan fingerprint density at radius 1 is 1.41 bits per heavy atom. The topological polar surface area (TPSA) is 66.8 Å². The Hall–Kier alpha value is -1.10. The molecule has 5 heteroatoms. The van der Waals surface area contributed by atoms with Crippen LogP contribution in [0.1, 0.15) is 26.2 Å². The van der Waals surface area contributed by atoms with Crippen LogP contribution in [0.2, 0.25) is 0 Å². The molecular formula is C12H19NO4. The number of nitrogens with zero attached hydrogens (tertiary/aromatic N) is 1. The smallest absolute Gasteiger partial charge is 0.308 e. The number of carbonyl (C=O) groups is 2. The van der Waals surface area contributed by atoms with Crippen LogP contribution in [0, 0.1) is 11.8 Å². The molecule has 5 nitrogen and oxygen atoms in total. The second kappa shape index (κ2) is 5.04. The minimum absolute atomic E-state index is 0.0347. The molecule has 2 aliphatic heterocycles. The highest BCUT2D eigenvalue weighted by atomic mass is 16.5. The van der Waals surface area contributed by atoms with Gasteiger partial charge in [0, 0.05) is 19.7 Å². The van der Waals surface area contributed by atoms with E-state index in [0.717, 1.165) is 19.4 Å². The van der Waals surface area contributed by atoms with E-state index in [-0.39, 0.29) is 17.9 Å². The van der Waals surface area contributed by atoms with Crippen molar-refractivity contribution >= 4 is 11.9 Å². The van der Waals surface area contributed by atoms with E-state index >= 15 is 0 Å². The van der Waals surface area contributed by atoms with Crippen LogP contribution >= 0.6 is 0 Å². The van der Waals surface area contributed by atoms with Crippen molar-refractivity contribution in [3.05, 3.63) is 0 Å². The van der Waals surface area contributed by atoms with Gasteiger partial charge in [-0.05, 0) is 18.8 Å². The third kappa shape index (κ3) is 2.77. The molecule has 3 atom stereocenters. The summed E-state index contributed by atoms with van der Waals surface area (Å²) < 4.78 is 5.42. The fourth-order valence-corrected chi connectivity index (χ4v) is 2.62. The van der Waals surface area contributed by atoms with Crippen LogP contribution in [0.4, 0.5) is 0 Å². The monoisotopic (exact) mass is 241 g/mol. The first-order valence-electron chi connectivity index (χ1n) is 6.20. The molecule has 0 aromatic rings. The van der Waals surface area contributed by atoms with Crippen molar-refractivity contribution in [1.82, 2.24) is 4.90 Å². The van der Waals surface area contributed by atoms with Gasteiger partial charge in [-0.3, -0.25) is 9.59 Å². The summed E-state index contributed by atoms with van der Waals surface area (Å²) in [4.78, 5) is 24.6. The van der Waals surface area contributed by atoms with Crippen molar-refractivity contribution in [1.29, 1.82) is 0 Å². The number of hydrogen-bond donors (Lipinski definition) is 1. The molecule has 17 heavy (non-hydrogen) atoms. The van der Waals surface area contributed by atoms with Crippen LogP contribution in [-0.2, 0) is 14.3 Å². The maximum Gasteiger partial charge on any atom is 0.308 e. The highest BCUT2D eigenvalue weighted by Gasteiger charge is 2.37. The number of hydrogen-bond acceptors (Lipinski definition) is 3. The van der Waals surface area contributed by atoms with Crippen molar-refractivity contribution in [3.8, 4) is 0 Å². The van der Waals surface area contributed by atoms with Gasteiger partial charge in [-0.15, -0.1) is 0 Å². The predicted molar refractivity (Wildman–Crippen MR) is 60.5 cm³/mol. The van der Waals surface area contributed by atoms with Crippen molar-refractivity contribution in [2.45, 2.75) is 32.3 Å². The number of carboxylic acids is 1. The number of rotatable bonds is 3. The van der Waals surface area contributed by atoms with Crippen LogP contribution in [0.3, 0.4) is 0 Å². The zero-order chi connectivity index (χ0) is 12.4. The lowest BCUT2D eigenvalue weighted by atomic mass is 9.99. The fraction of sp³-hybridized carbons (Fsp3) is 0.833. The Kier molecular flexibility index (Phi) is 3.66. The van der Waals surface area contributed by atoms with E-state index in [4.69, 9.17) is 9.84 Å². The van der Waals surface area contributed by atoms with Gasteiger partial charge in [0.25, 0.3) is 0 Å². The van der Waals surface area contributed by atoms with Crippen LogP contribution in [0.15, 0.2) is 0 Å². The maximum absolute atomic E-state index is 12.0. The zero-order valence-electron chi connectivity index (χ0n) is 10.1. The van der Waals surface area contributed by atoms with Gasteiger partial charge in [0.15, 0.2) is 0 Å². The molecule has 1 N–H and O–H groups in total. The summed E-state index contributed by atoms with van der Waals surface area (Å²) in [6.07, 6.45) is 2.41. The molecular weight excluding hydrogens is 222 g/mol. The number of likely N-dealkylation sites (tertiary alicyclic amines) is 1. The molecule has 2 saturated heterocycles. The van der Waals surface area contributed by atoms with E-state index in [0.29, 0.717) is 19.5 Å². The second-order valence-corrected chi connectivity index (χ2v) is 5.06. The van der Waals surface area contributed by atoms with Gasteiger partial charge in [0.2, 0.25) is 5.91 Å². The lowest BCUT2D eigenvalue weighted by Gasteiger charge is -2.18. The molecule has 0 bridgehead atoms. The zero-order valence-corrected chi connectivity index (χ0v) is 10.1. The first-order chi connectivity index (χ1) is 8.08. The summed E-state index contributed by atoms with van der Waals surface area (Å²) >= 11 is 0. The molecule has 2 heterocycles. The second-order valence-electron chi connectivity index (χ2n) is 5.06. The molecule has 1 amide bonds. The van der Waals surface area contributed by atoms with Crippen molar-refractivity contribution in [3.63, 3.8) is 0 Å². The largest absolute Gasteiger partial charge is 0.481 e. The average molecular weight is 241 g/mol. The summed E-state index contributed by atoms with van der Waals surface area (Å²) in [5, 5.41) is 9.00. The number of ether oxygens (including phenoxy) is 1. The normalized spacial score (nSPS) is 33.0. The summed E-state index contributed by atoms with van der Waals surface area (Å²) in [6, 6.07) is 0. The molecule has 0 saturated carbocycles. The Balaban J connectivity index is 1.86. The molecule has 3 unspecified atom stereocenters. The van der Waals surface area contributed by atoms with Crippen LogP contribution in [0.5, 0.6) is 0 Å². The van der Waals surface area contributed by atoms with E-state index in [1.807, 2.05) is 6.92 Å². The Labute approximate surface area is 101 Å². The molecule has 0 radical (unpaired) electrons. The Morgan fingerprint density at radius 3 is 2.71 bits per heavy atom. The molecule has 96 valence electrons. The molecule has 0 aliphatic carbocycles. The highest BCUT2D eigenvalue weighted by molar-refractivity contribution is 5.79. The average Bonchev–Trinajstić information content (AvgIpc) is 2.86. The van der Waals surface area contributed by atoms with Gasteiger partial charge in [-0.25, -0.2) is 0 Å². The van der Waals surface area contributed by atoms with E-state index in [1.54, 1.807) is 4.90 Å². The van der Waals surface area contributed by atoms with E-state index < -0.39 is 11.9 Å². The van der Waals surface area contributed by atoms with Gasteiger partial charge >= 0.3 is 5.97 Å². The van der Waals surface area contributed by atoms with Gasteiger partial charge in [-0.2, -0.15) is 0 Å². The SMILES string of the molecule is CC1CN(C(=O)CC2CCCO2)CC1C(=O)O. The van der Waals surface area contributed by atoms with Gasteiger partial charge < -0.3 is 14.7 Å². The molecule has 0 aromatic heterocycles. The molecule has 0 aromatic carbocycles. The van der Waals surface area contributed by atoms with E-state index in [2.05, 4.69) is 0 Å². The summed E-state index contributed by atoms with van der Waals surface area (Å²) in [7, 11) is 0. The van der Waals surface area contributed by atoms with Gasteiger partial charge in [0.05, 0.1) is 18.4 Å². The number of carbonyl (C=O) groups excluding carboxylic acids is 1. The lowest BCUT2D eigenvalue weighted by Crippen LogP contribution is -2.32. The van der Waals surface area contributed by atoms with Crippen LogP contribution < -0.4 is 0 Å². The summed E-state index contributed by atoms with van der Waals surface area (Å²) in [5.41, 5.74) is 0. The highest BCUT2D eigenvalue weighted by Crippen LogP contribution is 2.25. The number of aliphatic carboxylic acids is 1. The summed E-state index contributed by atoms with van der Waals surface area (Å²) in [6.45, 7) is 3.54. The quantitative estimate of drug-likeness (QED) is 0.791. The van der Waals surface area contributed by atoms with Crippen molar-refractivity contribution in [2.75, 3.05) is 19.7 Å². The third-order valence-corrected chi connectivity index (χ3v) is 3.71. The molecule has 2 aliphatic rings. The van der Waals surface area contributed by atoms with E-state index in [1.165, 1.54) is 0 Å². The standard InChI is InChI=1S/C12H19NO4/c1-8-6-13(7-10(8)12(15)16)11(14)5-9-3-2-4-17-9/h8-10H,2-7H2,1H3,(H,15,16). The minimum Gasteiger partial charge on any atom is -0.481 e. The first kappa shape index (κ1) is 12.4. The number of carboxylic acid groups (broad SMARTS) is 1. The third-order valence-electron chi connectivity index (χ3n) is 3.71. The molecule has 2 rings (SSSR count). The Morgan fingerprint density at radius 2 is 2.18 bits per heavy atom. The maximum atomic E-state index is 12.0. The van der Waals surface area contributed by atoms with E-state index in [9.17, 15) is 9.59 Å². The number of amides is 1. The van der Waals surface area contributed by atoms with Crippen molar-refractivity contribution < 1.29 is 19.4 Å². The predicted octanol–water partition coefficient (Wildman–Crippen LogP) is 0.735. The minimum atomic E-state index is -0.801.